The van der Waals surface area contributed by atoms with Crippen LogP contribution in [0.1, 0.15) is 23.1 Å². The van der Waals surface area contributed by atoms with Crippen LogP contribution >= 0.6 is 11.3 Å². The van der Waals surface area contributed by atoms with Crippen molar-refractivity contribution in [1.29, 1.82) is 0 Å². The van der Waals surface area contributed by atoms with Crippen molar-refractivity contribution in [3.8, 4) is 22.5 Å². The third-order valence-electron chi connectivity index (χ3n) is 5.72. The SMILES string of the molecule is O=C(CCN1CCOCC1)NCc1ccc2c(c1)-c1[nH]nc(-c3ccsc3)c1C2. The van der Waals surface area contributed by atoms with E-state index in [1.54, 1.807) is 11.3 Å². The largest absolute Gasteiger partial charge is 0.379 e. The predicted molar refractivity (Wildman–Crippen MR) is 114 cm³/mol. The summed E-state index contributed by atoms with van der Waals surface area (Å²) in [4.78, 5) is 14.5. The van der Waals surface area contributed by atoms with Crippen molar-refractivity contribution in [3.63, 3.8) is 0 Å². The van der Waals surface area contributed by atoms with Crippen molar-refractivity contribution in [2.45, 2.75) is 19.4 Å². The van der Waals surface area contributed by atoms with Crippen molar-refractivity contribution in [3.05, 3.63) is 51.7 Å². The molecule has 0 bridgehead atoms. The molecule has 0 saturated carbocycles. The molecule has 29 heavy (non-hydrogen) atoms. The highest BCUT2D eigenvalue weighted by Gasteiger charge is 2.25. The van der Waals surface area contributed by atoms with Gasteiger partial charge in [-0.3, -0.25) is 14.8 Å². The van der Waals surface area contributed by atoms with Gasteiger partial charge in [0, 0.05) is 61.1 Å². The Morgan fingerprint density at radius 2 is 2.17 bits per heavy atom. The average molecular weight is 409 g/mol. The lowest BCUT2D eigenvalue weighted by atomic mass is 10.1. The van der Waals surface area contributed by atoms with Gasteiger partial charge in [0.1, 0.15) is 0 Å². The third kappa shape index (κ3) is 3.85. The van der Waals surface area contributed by atoms with E-state index in [2.05, 4.69) is 55.4 Å². The Morgan fingerprint density at radius 1 is 1.28 bits per heavy atom. The first kappa shape index (κ1) is 18.5. The van der Waals surface area contributed by atoms with E-state index in [1.807, 2.05) is 0 Å². The number of morpholine rings is 1. The maximum atomic E-state index is 12.2. The van der Waals surface area contributed by atoms with Crippen molar-refractivity contribution < 1.29 is 9.53 Å². The summed E-state index contributed by atoms with van der Waals surface area (Å²) in [6.07, 6.45) is 1.43. The number of aromatic amines is 1. The van der Waals surface area contributed by atoms with Crippen molar-refractivity contribution in [1.82, 2.24) is 20.4 Å². The number of thiophene rings is 1. The molecular formula is C22H24N4O2S. The fourth-order valence-corrected chi connectivity index (χ4v) is 4.72. The number of hydrogen-bond acceptors (Lipinski definition) is 5. The summed E-state index contributed by atoms with van der Waals surface area (Å²) < 4.78 is 5.35. The second-order valence-electron chi connectivity index (χ2n) is 7.59. The van der Waals surface area contributed by atoms with Gasteiger partial charge in [-0.1, -0.05) is 12.1 Å². The molecule has 1 aliphatic carbocycles. The summed E-state index contributed by atoms with van der Waals surface area (Å²) in [7, 11) is 0. The molecule has 3 aromatic rings. The molecule has 0 spiro atoms. The van der Waals surface area contributed by atoms with E-state index >= 15 is 0 Å². The molecule has 0 radical (unpaired) electrons. The minimum absolute atomic E-state index is 0.0963. The summed E-state index contributed by atoms with van der Waals surface area (Å²) in [6, 6.07) is 8.58. The summed E-state index contributed by atoms with van der Waals surface area (Å²) in [5, 5.41) is 15.1. The number of nitrogens with zero attached hydrogens (tertiary/aromatic N) is 2. The smallest absolute Gasteiger partial charge is 0.221 e. The Labute approximate surface area is 173 Å². The Hall–Kier alpha value is -2.48. The summed E-state index contributed by atoms with van der Waals surface area (Å²) >= 11 is 1.69. The van der Waals surface area contributed by atoms with Crippen LogP contribution in [0.3, 0.4) is 0 Å². The van der Waals surface area contributed by atoms with Gasteiger partial charge in [0.15, 0.2) is 0 Å². The quantitative estimate of drug-likeness (QED) is 0.515. The number of nitrogens with one attached hydrogen (secondary N) is 2. The van der Waals surface area contributed by atoms with Crippen molar-refractivity contribution in [2.75, 3.05) is 32.8 Å². The van der Waals surface area contributed by atoms with Crippen LogP contribution < -0.4 is 5.32 Å². The van der Waals surface area contributed by atoms with Gasteiger partial charge in [0.05, 0.1) is 24.6 Å². The first-order valence-corrected chi connectivity index (χ1v) is 11.0. The van der Waals surface area contributed by atoms with E-state index in [1.165, 1.54) is 22.3 Å². The van der Waals surface area contributed by atoms with Crippen LogP contribution in [0.15, 0.2) is 35.0 Å². The molecule has 1 saturated heterocycles. The van der Waals surface area contributed by atoms with E-state index in [9.17, 15) is 4.79 Å². The van der Waals surface area contributed by atoms with Crippen LogP contribution in [0.5, 0.6) is 0 Å². The normalized spacial score (nSPS) is 15.9. The highest BCUT2D eigenvalue weighted by molar-refractivity contribution is 7.08. The molecule has 2 aliphatic rings. The molecule has 0 atom stereocenters. The molecule has 150 valence electrons. The fraction of sp³-hybridized carbons (Fsp3) is 0.364. The van der Waals surface area contributed by atoms with Gasteiger partial charge in [0.2, 0.25) is 5.91 Å². The highest BCUT2D eigenvalue weighted by Crippen LogP contribution is 2.40. The molecule has 2 N–H and O–H groups in total. The number of carbonyl (C=O) groups excluding carboxylic acids is 1. The van der Waals surface area contributed by atoms with Crippen LogP contribution in [0, 0.1) is 0 Å². The van der Waals surface area contributed by atoms with Gasteiger partial charge in [-0.2, -0.15) is 16.4 Å². The maximum Gasteiger partial charge on any atom is 0.221 e. The van der Waals surface area contributed by atoms with E-state index < -0.39 is 0 Å². The minimum atomic E-state index is 0.0963. The van der Waals surface area contributed by atoms with Crippen LogP contribution in [0.4, 0.5) is 0 Å². The van der Waals surface area contributed by atoms with Crippen LogP contribution in [-0.2, 0) is 22.5 Å². The molecule has 1 fully saturated rings. The van der Waals surface area contributed by atoms with E-state index in [-0.39, 0.29) is 5.91 Å². The number of rotatable bonds is 6. The minimum Gasteiger partial charge on any atom is -0.379 e. The molecule has 6 nitrogen and oxygen atoms in total. The lowest BCUT2D eigenvalue weighted by Gasteiger charge is -2.26. The van der Waals surface area contributed by atoms with Gasteiger partial charge < -0.3 is 10.1 Å². The molecule has 1 aromatic carbocycles. The lowest BCUT2D eigenvalue weighted by Crippen LogP contribution is -2.38. The molecule has 0 unspecified atom stereocenters. The second kappa shape index (κ2) is 8.10. The molecule has 3 heterocycles. The average Bonchev–Trinajstić information content (AvgIpc) is 3.48. The molecular weight excluding hydrogens is 384 g/mol. The van der Waals surface area contributed by atoms with E-state index in [0.29, 0.717) is 13.0 Å². The molecule has 1 amide bonds. The number of aromatic nitrogens is 2. The van der Waals surface area contributed by atoms with Crippen LogP contribution in [-0.4, -0.2) is 53.9 Å². The Balaban J connectivity index is 1.22. The molecule has 7 heteroatoms. The van der Waals surface area contributed by atoms with Gasteiger partial charge >= 0.3 is 0 Å². The van der Waals surface area contributed by atoms with Gasteiger partial charge in [-0.05, 0) is 28.6 Å². The molecule has 5 rings (SSSR count). The standard InChI is InChI=1S/C22H24N4O2S/c27-20(3-5-26-6-8-28-9-7-26)23-13-15-1-2-16-12-19-21(17-4-10-29-14-17)24-25-22(19)18(16)11-15/h1-2,4,10-11,14H,3,5-9,12-13H2,(H,23,27)(H,24,25). The zero-order valence-electron chi connectivity index (χ0n) is 16.2. The molecule has 2 aromatic heterocycles. The number of benzene rings is 1. The van der Waals surface area contributed by atoms with Gasteiger partial charge in [-0.25, -0.2) is 0 Å². The first-order chi connectivity index (χ1) is 14.3. The lowest BCUT2D eigenvalue weighted by molar-refractivity contribution is -0.121. The number of carbonyl (C=O) groups is 1. The number of fused-ring (bicyclic) bond motifs is 3. The zero-order valence-corrected chi connectivity index (χ0v) is 17.1. The number of H-pyrrole nitrogens is 1. The molecule has 1 aliphatic heterocycles. The van der Waals surface area contributed by atoms with Gasteiger partial charge in [0.25, 0.3) is 0 Å². The fourth-order valence-electron chi connectivity index (χ4n) is 4.08. The van der Waals surface area contributed by atoms with Crippen molar-refractivity contribution >= 4 is 17.2 Å². The monoisotopic (exact) mass is 408 g/mol. The highest BCUT2D eigenvalue weighted by atomic mass is 32.1. The zero-order chi connectivity index (χ0) is 19.6. The predicted octanol–water partition coefficient (Wildman–Crippen LogP) is 3.05. The van der Waals surface area contributed by atoms with E-state index in [4.69, 9.17) is 4.74 Å². The summed E-state index contributed by atoms with van der Waals surface area (Å²) in [5.74, 6) is 0.0963. The summed E-state index contributed by atoms with van der Waals surface area (Å²) in [5.41, 5.74) is 8.24. The second-order valence-corrected chi connectivity index (χ2v) is 8.37. The number of hydrogen-bond donors (Lipinski definition) is 2. The number of ether oxygens (including phenoxy) is 1. The number of amides is 1. The first-order valence-electron chi connectivity index (χ1n) is 10.1. The van der Waals surface area contributed by atoms with E-state index in [0.717, 1.165) is 56.2 Å². The topological polar surface area (TPSA) is 70.2 Å². The van der Waals surface area contributed by atoms with Crippen molar-refractivity contribution in [2.24, 2.45) is 0 Å². The van der Waals surface area contributed by atoms with Gasteiger partial charge in [-0.15, -0.1) is 0 Å². The Kier molecular flexibility index (Phi) is 5.18. The Morgan fingerprint density at radius 3 is 3.00 bits per heavy atom. The van der Waals surface area contributed by atoms with Crippen LogP contribution in [0.25, 0.3) is 22.5 Å². The van der Waals surface area contributed by atoms with Crippen LogP contribution in [0.2, 0.25) is 0 Å². The maximum absolute atomic E-state index is 12.2. The third-order valence-corrected chi connectivity index (χ3v) is 6.40. The summed E-state index contributed by atoms with van der Waals surface area (Å²) in [6.45, 7) is 4.70. The Bertz CT molecular complexity index is 1010.